The number of sulfonamides is 1. The Balaban J connectivity index is 1.24. The number of amides is 1. The molecule has 2 aliphatic rings. The summed E-state index contributed by atoms with van der Waals surface area (Å²) >= 11 is 0. The van der Waals surface area contributed by atoms with Gasteiger partial charge in [0, 0.05) is 24.5 Å². The molecule has 7 rings (SSSR count). The van der Waals surface area contributed by atoms with Crippen molar-refractivity contribution in [3.63, 3.8) is 0 Å². The molecular weight excluding hydrogens is 770 g/mol. The molecule has 5 aromatic rings. The SMILES string of the molecule is O=C(OCc1ccccc1)c1ccc(N(Cc2ccc(C3CCCC3)cn2)C(=O)[C@H]2CCN2S(=O)(=O)c2c(F)c(F)c(F)c(F)c2F)cc1OCc1ccccc1. The van der Waals surface area contributed by atoms with Crippen molar-refractivity contribution >= 4 is 27.6 Å². The summed E-state index contributed by atoms with van der Waals surface area (Å²) in [6.45, 7) is -0.704. The fourth-order valence-electron chi connectivity index (χ4n) is 7.00. The number of carbonyl (C=O) groups excluding carboxylic acids is 2. The van der Waals surface area contributed by atoms with Crippen molar-refractivity contribution in [2.75, 3.05) is 11.4 Å². The van der Waals surface area contributed by atoms with E-state index in [1.165, 1.54) is 23.1 Å². The fraction of sp³-hybridized carbons (Fsp3) is 0.262. The van der Waals surface area contributed by atoms with Crippen molar-refractivity contribution in [2.24, 2.45) is 0 Å². The van der Waals surface area contributed by atoms with Crippen molar-refractivity contribution in [2.45, 2.75) is 68.7 Å². The summed E-state index contributed by atoms with van der Waals surface area (Å²) in [5.41, 5.74) is 3.08. The maximum absolute atomic E-state index is 14.8. The molecule has 296 valence electrons. The van der Waals surface area contributed by atoms with Gasteiger partial charge in [0.15, 0.2) is 28.2 Å². The number of hydrogen-bond acceptors (Lipinski definition) is 7. The van der Waals surface area contributed by atoms with Crippen LogP contribution in [0.15, 0.2) is 102 Å². The molecular formula is C42H36F5N3O6S. The zero-order valence-corrected chi connectivity index (χ0v) is 31.2. The fourth-order valence-corrected chi connectivity index (χ4v) is 8.74. The number of nitrogens with zero attached hydrogens (tertiary/aromatic N) is 3. The predicted octanol–water partition coefficient (Wildman–Crippen LogP) is 8.37. The Bertz CT molecular complexity index is 2350. The lowest BCUT2D eigenvalue weighted by atomic mass is 9.99. The third kappa shape index (κ3) is 8.26. The third-order valence-electron chi connectivity index (χ3n) is 10.2. The maximum Gasteiger partial charge on any atom is 0.342 e. The average molecular weight is 806 g/mol. The Hall–Kier alpha value is -5.67. The van der Waals surface area contributed by atoms with E-state index in [1.54, 1.807) is 48.7 Å². The number of anilines is 1. The Labute approximate surface area is 325 Å². The van der Waals surface area contributed by atoms with Gasteiger partial charge in [-0.15, -0.1) is 0 Å². The van der Waals surface area contributed by atoms with E-state index < -0.39 is 68.5 Å². The summed E-state index contributed by atoms with van der Waals surface area (Å²) in [7, 11) is -5.43. The second kappa shape index (κ2) is 16.8. The van der Waals surface area contributed by atoms with E-state index in [4.69, 9.17) is 9.47 Å². The number of carbonyl (C=O) groups is 2. The molecule has 1 atom stereocenters. The number of ether oxygens (including phenoxy) is 2. The summed E-state index contributed by atoms with van der Waals surface area (Å²) in [5, 5.41) is 0. The van der Waals surface area contributed by atoms with E-state index in [-0.39, 0.29) is 43.2 Å². The highest BCUT2D eigenvalue weighted by molar-refractivity contribution is 7.89. The molecule has 2 heterocycles. The van der Waals surface area contributed by atoms with Gasteiger partial charge in [-0.3, -0.25) is 9.78 Å². The van der Waals surface area contributed by atoms with Gasteiger partial charge >= 0.3 is 5.97 Å². The standard InChI is InChI=1S/C42H36F5N3O6S/c43-35-36(44)38(46)40(39(47)37(35)45)57(53,54)50-20-19-33(50)41(51)49(23-30-16-15-29(22-48-30)28-13-7-8-14-28)31-17-18-32(42(52)56-25-27-11-5-2-6-12-27)34(21-31)55-24-26-9-3-1-4-10-26/h1-6,9-12,15-18,21-22,28,33H,7-8,13-14,19-20,23-25H2/t33-/m1/s1. The molecule has 1 aromatic heterocycles. The second-order valence-electron chi connectivity index (χ2n) is 13.8. The average Bonchev–Trinajstić information content (AvgIpc) is 3.75. The minimum atomic E-state index is -5.43. The molecule has 4 aromatic carbocycles. The molecule has 0 radical (unpaired) electrons. The summed E-state index contributed by atoms with van der Waals surface area (Å²) in [4.78, 5) is 31.7. The highest BCUT2D eigenvalue weighted by atomic mass is 32.2. The number of rotatable bonds is 13. The molecule has 2 fully saturated rings. The van der Waals surface area contributed by atoms with Gasteiger partial charge in [-0.25, -0.2) is 35.2 Å². The number of aromatic nitrogens is 1. The van der Waals surface area contributed by atoms with E-state index in [1.807, 2.05) is 30.3 Å². The molecule has 9 nitrogen and oxygen atoms in total. The maximum atomic E-state index is 14.8. The summed E-state index contributed by atoms with van der Waals surface area (Å²) in [6, 6.07) is 24.3. The van der Waals surface area contributed by atoms with Crippen LogP contribution in [0, 0.1) is 29.1 Å². The third-order valence-corrected chi connectivity index (χ3v) is 12.1. The monoisotopic (exact) mass is 805 g/mol. The van der Waals surface area contributed by atoms with Crippen LogP contribution < -0.4 is 9.64 Å². The highest BCUT2D eigenvalue weighted by Gasteiger charge is 2.48. The summed E-state index contributed by atoms with van der Waals surface area (Å²) in [5.74, 6) is -13.7. The molecule has 0 bridgehead atoms. The number of pyridine rings is 1. The van der Waals surface area contributed by atoms with E-state index in [2.05, 4.69) is 4.98 Å². The van der Waals surface area contributed by atoms with Crippen LogP contribution in [0.3, 0.4) is 0 Å². The van der Waals surface area contributed by atoms with Gasteiger partial charge in [0.2, 0.25) is 21.7 Å². The molecule has 1 saturated carbocycles. The molecule has 1 aliphatic carbocycles. The minimum Gasteiger partial charge on any atom is -0.488 e. The van der Waals surface area contributed by atoms with Crippen LogP contribution in [0.4, 0.5) is 27.6 Å². The van der Waals surface area contributed by atoms with Crippen LogP contribution in [-0.2, 0) is 39.3 Å². The number of hydrogen-bond donors (Lipinski definition) is 0. The van der Waals surface area contributed by atoms with Crippen molar-refractivity contribution in [3.05, 3.63) is 154 Å². The topological polar surface area (TPSA) is 106 Å². The lowest BCUT2D eigenvalue weighted by Gasteiger charge is -2.41. The molecule has 57 heavy (non-hydrogen) atoms. The van der Waals surface area contributed by atoms with Crippen LogP contribution in [-0.4, -0.2) is 42.2 Å². The van der Waals surface area contributed by atoms with E-state index in [0.717, 1.165) is 42.4 Å². The first-order valence-corrected chi connectivity index (χ1v) is 19.7. The zero-order chi connectivity index (χ0) is 40.3. The molecule has 1 amide bonds. The van der Waals surface area contributed by atoms with Gasteiger partial charge in [-0.2, -0.15) is 4.31 Å². The number of esters is 1. The van der Waals surface area contributed by atoms with E-state index >= 15 is 0 Å². The van der Waals surface area contributed by atoms with Gasteiger partial charge in [0.1, 0.15) is 30.6 Å². The van der Waals surface area contributed by atoms with Gasteiger partial charge in [-0.1, -0.05) is 79.6 Å². The predicted molar refractivity (Wildman–Crippen MR) is 198 cm³/mol. The molecule has 1 aliphatic heterocycles. The van der Waals surface area contributed by atoms with Crippen LogP contribution >= 0.6 is 0 Å². The number of benzene rings is 4. The lowest BCUT2D eigenvalue weighted by Crippen LogP contribution is -2.59. The summed E-state index contributed by atoms with van der Waals surface area (Å²) in [6.07, 6.45) is 5.83. The second-order valence-corrected chi connectivity index (χ2v) is 15.7. The summed E-state index contributed by atoms with van der Waals surface area (Å²) < 4.78 is 111. The van der Waals surface area contributed by atoms with Crippen LogP contribution in [0.1, 0.15) is 70.8 Å². The molecule has 0 N–H and O–H groups in total. The highest BCUT2D eigenvalue weighted by Crippen LogP contribution is 2.37. The van der Waals surface area contributed by atoms with Crippen molar-refractivity contribution < 1.29 is 49.4 Å². The van der Waals surface area contributed by atoms with Crippen molar-refractivity contribution in [3.8, 4) is 5.75 Å². The Kier molecular flexibility index (Phi) is 11.7. The van der Waals surface area contributed by atoms with Crippen LogP contribution in [0.5, 0.6) is 5.75 Å². The first kappa shape index (κ1) is 39.6. The molecule has 0 spiro atoms. The zero-order valence-electron chi connectivity index (χ0n) is 30.3. The van der Waals surface area contributed by atoms with Crippen molar-refractivity contribution in [1.29, 1.82) is 0 Å². The first-order chi connectivity index (χ1) is 27.4. The van der Waals surface area contributed by atoms with Gasteiger partial charge < -0.3 is 14.4 Å². The van der Waals surface area contributed by atoms with E-state index in [9.17, 15) is 40.0 Å². The first-order valence-electron chi connectivity index (χ1n) is 18.2. The molecule has 0 unspecified atom stereocenters. The normalized spacial score (nSPS) is 15.9. The van der Waals surface area contributed by atoms with E-state index in [0.29, 0.717) is 15.9 Å². The smallest absolute Gasteiger partial charge is 0.342 e. The Morgan fingerprint density at radius 3 is 1.95 bits per heavy atom. The van der Waals surface area contributed by atoms with Gasteiger partial charge in [-0.05, 0) is 60.1 Å². The van der Waals surface area contributed by atoms with Gasteiger partial charge in [0.25, 0.3) is 0 Å². The largest absolute Gasteiger partial charge is 0.488 e. The van der Waals surface area contributed by atoms with Crippen LogP contribution in [0.25, 0.3) is 0 Å². The van der Waals surface area contributed by atoms with Crippen molar-refractivity contribution in [1.82, 2.24) is 9.29 Å². The number of halogens is 5. The molecule has 15 heteroatoms. The van der Waals surface area contributed by atoms with Crippen LogP contribution in [0.2, 0.25) is 0 Å². The Morgan fingerprint density at radius 1 is 0.754 bits per heavy atom. The lowest BCUT2D eigenvalue weighted by molar-refractivity contribution is -0.125. The Morgan fingerprint density at radius 2 is 1.37 bits per heavy atom. The quantitative estimate of drug-likeness (QED) is 0.0510. The molecule has 1 saturated heterocycles. The minimum absolute atomic E-state index is 0.0119. The van der Waals surface area contributed by atoms with Gasteiger partial charge in [0.05, 0.1) is 12.2 Å².